The van der Waals surface area contributed by atoms with E-state index < -0.39 is 12.0 Å². The lowest BCUT2D eigenvalue weighted by Gasteiger charge is -2.46. The summed E-state index contributed by atoms with van der Waals surface area (Å²) in [6, 6.07) is 8.60. The van der Waals surface area contributed by atoms with Gasteiger partial charge in [0, 0.05) is 6.54 Å². The van der Waals surface area contributed by atoms with Crippen molar-refractivity contribution < 1.29 is 19.1 Å². The molecule has 0 aromatic heterocycles. The van der Waals surface area contributed by atoms with Crippen LogP contribution in [0.25, 0.3) is 0 Å². The van der Waals surface area contributed by atoms with E-state index in [-0.39, 0.29) is 31.0 Å². The number of fused-ring (bicyclic) bond motifs is 1. The molecule has 6 nitrogen and oxygen atoms in total. The first kappa shape index (κ1) is 16.6. The molecule has 0 aliphatic carbocycles. The predicted octanol–water partition coefficient (Wildman–Crippen LogP) is 1.51. The number of ether oxygens (including phenoxy) is 1. The second-order valence-electron chi connectivity index (χ2n) is 6.13. The molecular weight excluding hydrogens is 308 g/mol. The van der Waals surface area contributed by atoms with Crippen molar-refractivity contribution in [3.63, 3.8) is 0 Å². The van der Waals surface area contributed by atoms with E-state index in [1.165, 1.54) is 0 Å². The Kier molecular flexibility index (Phi) is 4.94. The fourth-order valence-electron chi connectivity index (χ4n) is 3.57. The molecule has 0 radical (unpaired) electrons. The number of hydrogen-bond acceptors (Lipinski definition) is 5. The lowest BCUT2D eigenvalue weighted by Crippen LogP contribution is -2.63. The molecule has 0 N–H and O–H groups in total. The van der Waals surface area contributed by atoms with Crippen molar-refractivity contribution in [1.82, 2.24) is 9.80 Å². The molecule has 3 rings (SSSR count). The van der Waals surface area contributed by atoms with Crippen molar-refractivity contribution in [1.29, 1.82) is 0 Å². The maximum absolute atomic E-state index is 13.0. The number of imide groups is 1. The summed E-state index contributed by atoms with van der Waals surface area (Å²) in [5.41, 5.74) is 0.857. The molecule has 1 aromatic rings. The highest BCUT2D eigenvalue weighted by atomic mass is 16.5. The molecule has 2 saturated heterocycles. The first-order chi connectivity index (χ1) is 11.6. The van der Waals surface area contributed by atoms with Crippen molar-refractivity contribution in [2.75, 3.05) is 19.7 Å². The number of hydrogen-bond donors (Lipinski definition) is 0. The van der Waals surface area contributed by atoms with Crippen molar-refractivity contribution in [2.24, 2.45) is 0 Å². The molecule has 2 heterocycles. The van der Waals surface area contributed by atoms with Gasteiger partial charge < -0.3 is 4.74 Å². The Morgan fingerprint density at radius 2 is 1.92 bits per heavy atom. The number of nitrogens with zero attached hydrogens (tertiary/aromatic N) is 2. The highest BCUT2D eigenvalue weighted by Crippen LogP contribution is 2.35. The summed E-state index contributed by atoms with van der Waals surface area (Å²) in [5.74, 6) is -1.16. The number of benzene rings is 1. The fourth-order valence-corrected chi connectivity index (χ4v) is 3.57. The summed E-state index contributed by atoms with van der Waals surface area (Å²) in [6.07, 6.45) is 2.64. The van der Waals surface area contributed by atoms with E-state index >= 15 is 0 Å². The maximum atomic E-state index is 13.0. The first-order valence-electron chi connectivity index (χ1n) is 8.45. The molecule has 128 valence electrons. The molecule has 2 aliphatic rings. The summed E-state index contributed by atoms with van der Waals surface area (Å²) in [5, 5.41) is 0. The lowest BCUT2D eigenvalue weighted by atomic mass is 9.91. The van der Waals surface area contributed by atoms with E-state index in [0.717, 1.165) is 36.3 Å². The molecule has 0 saturated carbocycles. The molecule has 2 amide bonds. The van der Waals surface area contributed by atoms with Crippen molar-refractivity contribution >= 4 is 17.8 Å². The number of piperidine rings is 1. The van der Waals surface area contributed by atoms with Gasteiger partial charge in [0.15, 0.2) is 0 Å². The van der Waals surface area contributed by atoms with E-state index in [0.29, 0.717) is 0 Å². The third kappa shape index (κ3) is 3.06. The molecule has 0 bridgehead atoms. The van der Waals surface area contributed by atoms with Crippen molar-refractivity contribution in [2.45, 2.75) is 38.3 Å². The summed E-state index contributed by atoms with van der Waals surface area (Å²) in [7, 11) is 0. The summed E-state index contributed by atoms with van der Waals surface area (Å²) < 4.78 is 4.92. The number of amides is 2. The van der Waals surface area contributed by atoms with Crippen LogP contribution in [0.1, 0.15) is 37.8 Å². The molecule has 2 atom stereocenters. The van der Waals surface area contributed by atoms with Crippen molar-refractivity contribution in [3.8, 4) is 0 Å². The average Bonchev–Trinajstić information content (AvgIpc) is 2.60. The molecule has 24 heavy (non-hydrogen) atoms. The van der Waals surface area contributed by atoms with Crippen molar-refractivity contribution in [3.05, 3.63) is 35.9 Å². The zero-order valence-corrected chi connectivity index (χ0v) is 13.8. The molecular formula is C18H22N2O4. The zero-order chi connectivity index (χ0) is 17.1. The Morgan fingerprint density at radius 1 is 1.17 bits per heavy atom. The van der Waals surface area contributed by atoms with Crippen LogP contribution in [0.3, 0.4) is 0 Å². The van der Waals surface area contributed by atoms with Crippen LogP contribution < -0.4 is 0 Å². The monoisotopic (exact) mass is 330 g/mol. The van der Waals surface area contributed by atoms with Gasteiger partial charge in [-0.15, -0.1) is 0 Å². The van der Waals surface area contributed by atoms with E-state index in [2.05, 4.69) is 0 Å². The fraction of sp³-hybridized carbons (Fsp3) is 0.500. The van der Waals surface area contributed by atoms with E-state index in [4.69, 9.17) is 4.74 Å². The van der Waals surface area contributed by atoms with Crippen LogP contribution in [0.15, 0.2) is 30.3 Å². The quantitative estimate of drug-likeness (QED) is 0.618. The third-order valence-electron chi connectivity index (χ3n) is 4.63. The minimum absolute atomic E-state index is 0.229. The maximum Gasteiger partial charge on any atom is 0.326 e. The Bertz CT molecular complexity index is 631. The number of piperazine rings is 1. The Morgan fingerprint density at radius 3 is 2.62 bits per heavy atom. The highest BCUT2D eigenvalue weighted by molar-refractivity contribution is 6.05. The average molecular weight is 330 g/mol. The minimum Gasteiger partial charge on any atom is -0.465 e. The zero-order valence-electron chi connectivity index (χ0n) is 13.8. The van der Waals surface area contributed by atoms with Gasteiger partial charge in [-0.2, -0.15) is 0 Å². The van der Waals surface area contributed by atoms with E-state index in [9.17, 15) is 14.4 Å². The Labute approximate surface area is 141 Å². The normalized spacial score (nSPS) is 24.6. The Hall–Kier alpha value is -2.21. The van der Waals surface area contributed by atoms with Crippen LogP contribution in [0.5, 0.6) is 0 Å². The van der Waals surface area contributed by atoms with Gasteiger partial charge in [0.05, 0.1) is 12.6 Å². The van der Waals surface area contributed by atoms with Gasteiger partial charge in [0.1, 0.15) is 12.6 Å². The van der Waals surface area contributed by atoms with Gasteiger partial charge in [0.25, 0.3) is 5.91 Å². The van der Waals surface area contributed by atoms with Gasteiger partial charge in [-0.25, -0.2) is 0 Å². The van der Waals surface area contributed by atoms with Gasteiger partial charge in [-0.05, 0) is 25.3 Å². The molecule has 6 heteroatoms. The van der Waals surface area contributed by atoms with Crippen LogP contribution in [0.2, 0.25) is 0 Å². The molecule has 2 aliphatic heterocycles. The van der Waals surface area contributed by atoms with Crippen LogP contribution in [0, 0.1) is 0 Å². The standard InChI is InChI=1S/C18H22N2O4/c1-2-24-15(21)12-20-17(22)14-10-6-7-11-19(14)16(18(20)23)13-8-4-3-5-9-13/h3-5,8-9,14,16H,2,6-7,10-12H2,1H3/t14-,16-/m0/s1. The smallest absolute Gasteiger partial charge is 0.326 e. The van der Waals surface area contributed by atoms with Crippen LogP contribution >= 0.6 is 0 Å². The second-order valence-corrected chi connectivity index (χ2v) is 6.13. The summed E-state index contributed by atoms with van der Waals surface area (Å²) >= 11 is 0. The third-order valence-corrected chi connectivity index (χ3v) is 4.63. The molecule has 2 fully saturated rings. The molecule has 1 aromatic carbocycles. The van der Waals surface area contributed by atoms with Gasteiger partial charge in [-0.1, -0.05) is 36.8 Å². The highest BCUT2D eigenvalue weighted by Gasteiger charge is 2.48. The SMILES string of the molecule is CCOC(=O)CN1C(=O)[C@H](c2ccccc2)N2CCCC[C@H]2C1=O. The van der Waals surface area contributed by atoms with Gasteiger partial charge in [-0.3, -0.25) is 24.2 Å². The topological polar surface area (TPSA) is 66.9 Å². The first-order valence-corrected chi connectivity index (χ1v) is 8.45. The van der Waals surface area contributed by atoms with Crippen LogP contribution in [-0.2, 0) is 19.1 Å². The van der Waals surface area contributed by atoms with E-state index in [1.807, 2.05) is 35.2 Å². The number of carbonyl (C=O) groups is 3. The lowest BCUT2D eigenvalue weighted by molar-refractivity contribution is -0.168. The molecule has 0 unspecified atom stereocenters. The number of esters is 1. The summed E-state index contributed by atoms with van der Waals surface area (Å²) in [4.78, 5) is 40.6. The summed E-state index contributed by atoms with van der Waals surface area (Å²) in [6.45, 7) is 2.34. The number of rotatable bonds is 4. The Balaban J connectivity index is 1.92. The second kappa shape index (κ2) is 7.13. The molecule has 0 spiro atoms. The van der Waals surface area contributed by atoms with Gasteiger partial charge >= 0.3 is 5.97 Å². The van der Waals surface area contributed by atoms with Crippen LogP contribution in [-0.4, -0.2) is 53.3 Å². The minimum atomic E-state index is -0.546. The number of carbonyl (C=O) groups excluding carboxylic acids is 3. The van der Waals surface area contributed by atoms with Gasteiger partial charge in [0.2, 0.25) is 5.91 Å². The van der Waals surface area contributed by atoms with E-state index in [1.54, 1.807) is 6.92 Å². The van der Waals surface area contributed by atoms with Crippen LogP contribution in [0.4, 0.5) is 0 Å². The predicted molar refractivity (Wildman–Crippen MR) is 86.9 cm³/mol. The largest absolute Gasteiger partial charge is 0.465 e.